The number of nitrogens with zero attached hydrogens (tertiary/aromatic N) is 2. The van der Waals surface area contributed by atoms with Crippen molar-refractivity contribution in [3.63, 3.8) is 0 Å². The van der Waals surface area contributed by atoms with Crippen LogP contribution in [0.4, 0.5) is 9.59 Å². The summed E-state index contributed by atoms with van der Waals surface area (Å²) in [5.41, 5.74) is 0.438. The third-order valence-corrected chi connectivity index (χ3v) is 5.27. The van der Waals surface area contributed by atoms with Gasteiger partial charge in [0.05, 0.1) is 11.4 Å². The molecule has 0 saturated carbocycles. The van der Waals surface area contributed by atoms with Crippen LogP contribution >= 0.6 is 0 Å². The molecule has 8 heteroatoms. The molecule has 0 saturated heterocycles. The summed E-state index contributed by atoms with van der Waals surface area (Å²) in [4.78, 5) is 52.8. The lowest BCUT2D eigenvalue weighted by atomic mass is 9.92. The number of aromatic nitrogens is 2. The Morgan fingerprint density at radius 1 is 0.639 bits per heavy atom. The van der Waals surface area contributed by atoms with E-state index in [1.807, 2.05) is 13.8 Å². The molecule has 2 aromatic heterocycles. The average Bonchev–Trinajstić information content (AvgIpc) is 3.41. The number of aryl methyl sites for hydroxylation is 2. The smallest absolute Gasteiger partial charge is 0.419 e. The van der Waals surface area contributed by atoms with Crippen LogP contribution in [0.1, 0.15) is 84.8 Å². The highest BCUT2D eigenvalue weighted by Crippen LogP contribution is 2.24. The number of carbonyl (C=O) groups excluding carboxylic acids is 4. The van der Waals surface area contributed by atoms with Gasteiger partial charge in [-0.1, -0.05) is 0 Å². The van der Waals surface area contributed by atoms with Crippen molar-refractivity contribution in [1.82, 2.24) is 9.13 Å². The Morgan fingerprint density at radius 2 is 0.972 bits per heavy atom. The lowest BCUT2D eigenvalue weighted by Crippen LogP contribution is -2.29. The van der Waals surface area contributed by atoms with Gasteiger partial charge in [0.2, 0.25) is 11.6 Å². The molecule has 0 spiro atoms. The van der Waals surface area contributed by atoms with Gasteiger partial charge in [-0.05, 0) is 103 Å². The molecule has 3 aromatic rings. The molecule has 0 aliphatic rings. The van der Waals surface area contributed by atoms with Crippen molar-refractivity contribution in [3.8, 4) is 0 Å². The number of ether oxygens (including phenoxy) is 2. The van der Waals surface area contributed by atoms with Gasteiger partial charge in [-0.3, -0.25) is 9.59 Å². The normalized spacial score (nSPS) is 11.8. The molecule has 1 aromatic carbocycles. The fourth-order valence-corrected chi connectivity index (χ4v) is 3.54. The maximum absolute atomic E-state index is 13.7. The van der Waals surface area contributed by atoms with Crippen molar-refractivity contribution >= 4 is 23.8 Å². The van der Waals surface area contributed by atoms with Gasteiger partial charge in [-0.15, -0.1) is 0 Å². The van der Waals surface area contributed by atoms with Crippen LogP contribution in [0.3, 0.4) is 0 Å². The zero-order valence-corrected chi connectivity index (χ0v) is 22.0. The molecule has 36 heavy (non-hydrogen) atoms. The van der Waals surface area contributed by atoms with Crippen molar-refractivity contribution in [3.05, 3.63) is 82.4 Å². The summed E-state index contributed by atoms with van der Waals surface area (Å²) in [7, 11) is 0. The molecule has 0 N–H and O–H groups in total. The number of ketones is 2. The molecule has 0 unspecified atom stereocenters. The number of hydrogen-bond acceptors (Lipinski definition) is 6. The van der Waals surface area contributed by atoms with E-state index in [-0.39, 0.29) is 22.5 Å². The summed E-state index contributed by atoms with van der Waals surface area (Å²) in [6.07, 6.45) is 1.48. The zero-order valence-electron chi connectivity index (χ0n) is 22.0. The summed E-state index contributed by atoms with van der Waals surface area (Å²) in [5, 5.41) is 0. The summed E-state index contributed by atoms with van der Waals surface area (Å²) in [6, 6.07) is 9.37. The summed E-state index contributed by atoms with van der Waals surface area (Å²) >= 11 is 0. The van der Waals surface area contributed by atoms with Crippen LogP contribution in [-0.4, -0.2) is 44.1 Å². The minimum atomic E-state index is -0.754. The van der Waals surface area contributed by atoms with Gasteiger partial charge in [0.1, 0.15) is 11.2 Å². The maximum Gasteiger partial charge on any atom is 0.419 e. The van der Waals surface area contributed by atoms with Crippen LogP contribution in [-0.2, 0) is 9.47 Å². The van der Waals surface area contributed by atoms with Crippen LogP contribution in [0.25, 0.3) is 0 Å². The Bertz CT molecular complexity index is 1240. The first-order valence-electron chi connectivity index (χ1n) is 11.6. The van der Waals surface area contributed by atoms with Crippen LogP contribution in [0, 0.1) is 13.8 Å². The second kappa shape index (κ2) is 9.60. The quantitative estimate of drug-likeness (QED) is 0.419. The molecule has 8 nitrogen and oxygen atoms in total. The van der Waals surface area contributed by atoms with Gasteiger partial charge in [-0.2, -0.15) is 0 Å². The molecule has 190 valence electrons. The third-order valence-electron chi connectivity index (χ3n) is 5.27. The van der Waals surface area contributed by atoms with Crippen LogP contribution in [0.15, 0.2) is 48.8 Å². The molecule has 3 rings (SSSR count). The average molecular weight is 493 g/mol. The molecule has 0 amide bonds. The van der Waals surface area contributed by atoms with Gasteiger partial charge >= 0.3 is 12.2 Å². The first kappa shape index (κ1) is 26.7. The van der Waals surface area contributed by atoms with Gasteiger partial charge in [0, 0.05) is 23.5 Å². The number of carbonyl (C=O) groups is 4. The molecule has 2 heterocycles. The summed E-state index contributed by atoms with van der Waals surface area (Å²) < 4.78 is 13.1. The fourth-order valence-electron chi connectivity index (χ4n) is 3.54. The summed E-state index contributed by atoms with van der Waals surface area (Å²) in [6.45, 7) is 14.1. The van der Waals surface area contributed by atoms with E-state index in [0.29, 0.717) is 0 Å². The van der Waals surface area contributed by atoms with Gasteiger partial charge < -0.3 is 9.47 Å². The fraction of sp³-hybridized carbons (Fsp3) is 0.357. The molecule has 0 aliphatic heterocycles. The van der Waals surface area contributed by atoms with E-state index in [2.05, 4.69) is 0 Å². The van der Waals surface area contributed by atoms with Crippen molar-refractivity contribution < 1.29 is 28.7 Å². The van der Waals surface area contributed by atoms with Crippen LogP contribution < -0.4 is 0 Å². The number of hydrogen-bond donors (Lipinski definition) is 0. The van der Waals surface area contributed by atoms with Crippen molar-refractivity contribution in [1.29, 1.82) is 0 Å². The highest BCUT2D eigenvalue weighted by atomic mass is 16.6. The molecular formula is C28H32N2O6. The highest BCUT2D eigenvalue weighted by molar-refractivity contribution is 6.20. The highest BCUT2D eigenvalue weighted by Gasteiger charge is 2.28. The van der Waals surface area contributed by atoms with Gasteiger partial charge in [0.15, 0.2) is 0 Å². The Labute approximate surface area is 210 Å². The van der Waals surface area contributed by atoms with E-state index in [0.717, 1.165) is 20.3 Å². The predicted octanol–water partition coefficient (Wildman–Crippen LogP) is 5.93. The number of rotatable bonds is 4. The van der Waals surface area contributed by atoms with E-state index < -0.39 is 35.0 Å². The second-order valence-corrected chi connectivity index (χ2v) is 10.6. The SMILES string of the molecule is Cc1cc(C(=O)c2cccn2C(=O)OC(C)(C)C)c(C(=O)c2cccn2C(=O)OC(C)(C)C)cc1C. The van der Waals surface area contributed by atoms with Gasteiger partial charge in [-0.25, -0.2) is 18.7 Å². The Hall–Kier alpha value is -3.94. The van der Waals surface area contributed by atoms with Gasteiger partial charge in [0.25, 0.3) is 0 Å². The largest absolute Gasteiger partial charge is 0.443 e. The summed E-state index contributed by atoms with van der Waals surface area (Å²) in [5.74, 6) is -1.04. The van der Waals surface area contributed by atoms with Crippen LogP contribution in [0.5, 0.6) is 0 Å². The zero-order chi connectivity index (χ0) is 27.0. The van der Waals surface area contributed by atoms with Crippen molar-refractivity contribution in [2.45, 2.75) is 66.6 Å². The maximum atomic E-state index is 13.7. The monoisotopic (exact) mass is 492 g/mol. The Balaban J connectivity index is 2.08. The lowest BCUT2D eigenvalue weighted by Gasteiger charge is -2.21. The molecular weight excluding hydrogens is 460 g/mol. The van der Waals surface area contributed by atoms with Crippen molar-refractivity contribution in [2.75, 3.05) is 0 Å². The molecule has 0 aliphatic carbocycles. The molecule has 0 radical (unpaired) electrons. The Kier molecular flexibility index (Phi) is 7.11. The Morgan fingerprint density at radius 3 is 1.28 bits per heavy atom. The minimum absolute atomic E-state index is 0.0593. The van der Waals surface area contributed by atoms with E-state index in [1.54, 1.807) is 65.8 Å². The lowest BCUT2D eigenvalue weighted by molar-refractivity contribution is 0.0519. The first-order valence-corrected chi connectivity index (χ1v) is 11.6. The van der Waals surface area contributed by atoms with Crippen molar-refractivity contribution in [2.24, 2.45) is 0 Å². The van der Waals surface area contributed by atoms with E-state index >= 15 is 0 Å². The van der Waals surface area contributed by atoms with E-state index in [4.69, 9.17) is 9.47 Å². The first-order chi connectivity index (χ1) is 16.6. The number of benzene rings is 1. The van der Waals surface area contributed by atoms with E-state index in [9.17, 15) is 19.2 Å². The van der Waals surface area contributed by atoms with E-state index in [1.165, 1.54) is 24.5 Å². The second-order valence-electron chi connectivity index (χ2n) is 10.6. The third kappa shape index (κ3) is 5.82. The minimum Gasteiger partial charge on any atom is -0.443 e. The molecule has 0 bridgehead atoms. The topological polar surface area (TPSA) is 96.6 Å². The van der Waals surface area contributed by atoms with Crippen LogP contribution in [0.2, 0.25) is 0 Å². The molecule has 0 fully saturated rings. The predicted molar refractivity (Wildman–Crippen MR) is 135 cm³/mol. The molecule has 0 atom stereocenters. The standard InChI is InChI=1S/C28H32N2O6/c1-17-15-19(23(31)21-11-9-13-29(21)25(33)35-27(3,4)5)20(16-18(17)2)24(32)22-12-10-14-30(22)26(34)36-28(6,7)8/h9-16H,1-8H3.